The Bertz CT molecular complexity index is 444. The maximum Gasteiger partial charge on any atom is 0.141 e. The Morgan fingerprint density at radius 3 is 2.71 bits per heavy atom. The summed E-state index contributed by atoms with van der Waals surface area (Å²) < 4.78 is 13.2. The second-order valence-corrected chi connectivity index (χ2v) is 6.44. The largest absolute Gasteiger partial charge is 0.307 e. The second-order valence-electron chi connectivity index (χ2n) is 6.03. The molecular weight excluding hydrogens is 287 g/mol. The van der Waals surface area contributed by atoms with Gasteiger partial charge in [0.25, 0.3) is 0 Å². The normalized spacial score (nSPS) is 18.9. The minimum Gasteiger partial charge on any atom is -0.307 e. The quantitative estimate of drug-likeness (QED) is 0.838. The molecule has 0 aliphatic carbocycles. The Balaban J connectivity index is 1.81. The van der Waals surface area contributed by atoms with Crippen LogP contribution in [0.5, 0.6) is 0 Å². The van der Waals surface area contributed by atoms with Crippen molar-refractivity contribution in [1.82, 2.24) is 10.2 Å². The molecule has 1 aromatic carbocycles. The van der Waals surface area contributed by atoms with Gasteiger partial charge in [-0.3, -0.25) is 0 Å². The summed E-state index contributed by atoms with van der Waals surface area (Å²) in [6, 6.07) is 5.74. The van der Waals surface area contributed by atoms with Gasteiger partial charge in [0.1, 0.15) is 5.82 Å². The van der Waals surface area contributed by atoms with Gasteiger partial charge < -0.3 is 10.2 Å². The summed E-state index contributed by atoms with van der Waals surface area (Å²) in [6.07, 6.45) is 4.93. The Kier molecular flexibility index (Phi) is 6.46. The van der Waals surface area contributed by atoms with E-state index in [1.165, 1.54) is 51.4 Å². The molecule has 2 nitrogen and oxygen atoms in total. The Morgan fingerprint density at radius 2 is 2.10 bits per heavy atom. The lowest BCUT2D eigenvalue weighted by atomic mass is 10.0. The highest BCUT2D eigenvalue weighted by atomic mass is 35.5. The Morgan fingerprint density at radius 1 is 1.38 bits per heavy atom. The lowest BCUT2D eigenvalue weighted by molar-refractivity contribution is 0.190. The number of halogens is 2. The molecular formula is C17H26ClFN2. The van der Waals surface area contributed by atoms with Crippen LogP contribution in [0.25, 0.3) is 0 Å². The molecule has 1 aromatic rings. The standard InChI is InChI=1S/C17H26ClFN2/c1-3-4-9-21-10-7-15(8-11-21)20-13(2)14-5-6-17(19)16(18)12-14/h5-6,12-13,15,20H,3-4,7-11H2,1-2H3. The van der Waals surface area contributed by atoms with Gasteiger partial charge in [0.05, 0.1) is 5.02 Å². The van der Waals surface area contributed by atoms with Crippen molar-refractivity contribution in [2.45, 2.75) is 51.6 Å². The highest BCUT2D eigenvalue weighted by molar-refractivity contribution is 6.30. The van der Waals surface area contributed by atoms with E-state index in [2.05, 4.69) is 24.1 Å². The van der Waals surface area contributed by atoms with Gasteiger partial charge in [-0.25, -0.2) is 4.39 Å². The number of hydrogen-bond acceptors (Lipinski definition) is 2. The smallest absolute Gasteiger partial charge is 0.141 e. The molecule has 1 saturated heterocycles. The number of likely N-dealkylation sites (tertiary alicyclic amines) is 1. The molecule has 1 aliphatic heterocycles. The molecule has 1 fully saturated rings. The van der Waals surface area contributed by atoms with E-state index in [4.69, 9.17) is 11.6 Å². The van der Waals surface area contributed by atoms with E-state index in [-0.39, 0.29) is 16.9 Å². The summed E-state index contributed by atoms with van der Waals surface area (Å²) in [5.41, 5.74) is 1.05. The van der Waals surface area contributed by atoms with Gasteiger partial charge in [0, 0.05) is 12.1 Å². The Labute approximate surface area is 132 Å². The van der Waals surface area contributed by atoms with Crippen molar-refractivity contribution in [1.29, 1.82) is 0 Å². The summed E-state index contributed by atoms with van der Waals surface area (Å²) in [5, 5.41) is 3.85. The molecule has 1 heterocycles. The van der Waals surface area contributed by atoms with Gasteiger partial charge in [0.15, 0.2) is 0 Å². The highest BCUT2D eigenvalue weighted by Crippen LogP contribution is 2.22. The number of rotatable bonds is 6. The lowest BCUT2D eigenvalue weighted by Crippen LogP contribution is -2.43. The first kappa shape index (κ1) is 16.7. The van der Waals surface area contributed by atoms with E-state index < -0.39 is 0 Å². The average Bonchev–Trinajstić information content (AvgIpc) is 2.49. The molecule has 118 valence electrons. The highest BCUT2D eigenvalue weighted by Gasteiger charge is 2.20. The molecule has 21 heavy (non-hydrogen) atoms. The van der Waals surface area contributed by atoms with Crippen molar-refractivity contribution in [2.24, 2.45) is 0 Å². The van der Waals surface area contributed by atoms with E-state index in [9.17, 15) is 4.39 Å². The van der Waals surface area contributed by atoms with Gasteiger partial charge in [-0.05, 0) is 63.5 Å². The van der Waals surface area contributed by atoms with Crippen molar-refractivity contribution in [2.75, 3.05) is 19.6 Å². The molecule has 0 saturated carbocycles. The van der Waals surface area contributed by atoms with E-state index in [1.54, 1.807) is 6.07 Å². The summed E-state index contributed by atoms with van der Waals surface area (Å²) in [4.78, 5) is 2.56. The van der Waals surface area contributed by atoms with Gasteiger partial charge in [-0.15, -0.1) is 0 Å². The number of benzene rings is 1. The summed E-state index contributed by atoms with van der Waals surface area (Å²) in [6.45, 7) is 7.94. The van der Waals surface area contributed by atoms with Crippen LogP contribution in [-0.2, 0) is 0 Å². The van der Waals surface area contributed by atoms with Crippen molar-refractivity contribution >= 4 is 11.6 Å². The molecule has 1 N–H and O–H groups in total. The van der Waals surface area contributed by atoms with Crippen molar-refractivity contribution < 1.29 is 4.39 Å². The minimum absolute atomic E-state index is 0.204. The van der Waals surface area contributed by atoms with Crippen molar-refractivity contribution in [3.8, 4) is 0 Å². The van der Waals surface area contributed by atoms with Crippen molar-refractivity contribution in [3.63, 3.8) is 0 Å². The third kappa shape index (κ3) is 4.94. The van der Waals surface area contributed by atoms with E-state index in [0.717, 1.165) is 5.56 Å². The van der Waals surface area contributed by atoms with Crippen LogP contribution >= 0.6 is 11.6 Å². The summed E-state index contributed by atoms with van der Waals surface area (Å²) in [7, 11) is 0. The fourth-order valence-electron chi connectivity index (χ4n) is 2.94. The van der Waals surface area contributed by atoms with E-state index in [0.29, 0.717) is 6.04 Å². The molecule has 1 aliphatic rings. The molecule has 2 rings (SSSR count). The van der Waals surface area contributed by atoms with Crippen LogP contribution in [0, 0.1) is 5.82 Å². The summed E-state index contributed by atoms with van der Waals surface area (Å²) in [5.74, 6) is -0.350. The maximum absolute atomic E-state index is 13.2. The molecule has 0 bridgehead atoms. The van der Waals surface area contributed by atoms with Crippen LogP contribution in [0.15, 0.2) is 18.2 Å². The molecule has 1 unspecified atom stereocenters. The lowest BCUT2D eigenvalue weighted by Gasteiger charge is -2.34. The average molecular weight is 313 g/mol. The van der Waals surface area contributed by atoms with E-state index >= 15 is 0 Å². The van der Waals surface area contributed by atoms with Crippen LogP contribution in [0.4, 0.5) is 4.39 Å². The number of piperidine rings is 1. The van der Waals surface area contributed by atoms with Gasteiger partial charge >= 0.3 is 0 Å². The third-order valence-corrected chi connectivity index (χ3v) is 4.63. The topological polar surface area (TPSA) is 15.3 Å². The van der Waals surface area contributed by atoms with Crippen LogP contribution in [0.2, 0.25) is 5.02 Å². The molecule has 0 spiro atoms. The first-order chi connectivity index (χ1) is 10.1. The zero-order valence-electron chi connectivity index (χ0n) is 13.0. The van der Waals surface area contributed by atoms with Crippen LogP contribution in [-0.4, -0.2) is 30.6 Å². The fraction of sp³-hybridized carbons (Fsp3) is 0.647. The predicted molar refractivity (Wildman–Crippen MR) is 87.3 cm³/mol. The van der Waals surface area contributed by atoms with Crippen LogP contribution in [0.1, 0.15) is 51.1 Å². The molecule has 0 aromatic heterocycles. The third-order valence-electron chi connectivity index (χ3n) is 4.34. The maximum atomic E-state index is 13.2. The van der Waals surface area contributed by atoms with Gasteiger partial charge in [0.2, 0.25) is 0 Å². The number of nitrogens with one attached hydrogen (secondary N) is 1. The minimum atomic E-state index is -0.350. The molecule has 0 radical (unpaired) electrons. The Hall–Kier alpha value is -0.640. The molecule has 0 amide bonds. The number of nitrogens with zero attached hydrogens (tertiary/aromatic N) is 1. The monoisotopic (exact) mass is 312 g/mol. The van der Waals surface area contributed by atoms with Crippen LogP contribution in [0.3, 0.4) is 0 Å². The molecule has 4 heteroatoms. The molecule has 1 atom stereocenters. The fourth-order valence-corrected chi connectivity index (χ4v) is 3.13. The van der Waals surface area contributed by atoms with Gasteiger partial charge in [-0.1, -0.05) is 31.0 Å². The van der Waals surface area contributed by atoms with Crippen molar-refractivity contribution in [3.05, 3.63) is 34.6 Å². The SMILES string of the molecule is CCCCN1CCC(NC(C)c2ccc(F)c(Cl)c2)CC1. The first-order valence-electron chi connectivity index (χ1n) is 8.03. The zero-order valence-corrected chi connectivity index (χ0v) is 13.8. The number of hydrogen-bond donors (Lipinski definition) is 1. The van der Waals surface area contributed by atoms with Gasteiger partial charge in [-0.2, -0.15) is 0 Å². The first-order valence-corrected chi connectivity index (χ1v) is 8.41. The van der Waals surface area contributed by atoms with E-state index in [1.807, 2.05) is 6.07 Å². The summed E-state index contributed by atoms with van der Waals surface area (Å²) >= 11 is 5.86. The van der Waals surface area contributed by atoms with Crippen LogP contribution < -0.4 is 5.32 Å². The zero-order chi connectivity index (χ0) is 15.2. The second kappa shape index (κ2) is 8.11. The predicted octanol–water partition coefficient (Wildman–Crippen LogP) is 4.39. The number of unbranched alkanes of at least 4 members (excludes halogenated alkanes) is 1.